The van der Waals surface area contributed by atoms with Crippen molar-refractivity contribution < 1.29 is 22.7 Å². The molecular formula is C26H22F3N3O2. The summed E-state index contributed by atoms with van der Waals surface area (Å²) in [5.74, 6) is 0.582. The van der Waals surface area contributed by atoms with E-state index >= 15 is 0 Å². The van der Waals surface area contributed by atoms with E-state index in [1.807, 2.05) is 24.3 Å². The van der Waals surface area contributed by atoms with Crippen molar-refractivity contribution in [3.63, 3.8) is 0 Å². The van der Waals surface area contributed by atoms with Crippen LogP contribution in [-0.2, 0) is 12.6 Å². The minimum absolute atomic E-state index is 0.191. The summed E-state index contributed by atoms with van der Waals surface area (Å²) in [6.07, 6.45) is -3.74. The molecule has 1 aromatic heterocycles. The van der Waals surface area contributed by atoms with Crippen molar-refractivity contribution >= 4 is 5.91 Å². The standard InChI is InChI=1S/C26H22F3N3O2/c1-34-22-7-2-4-17(14-22)12-13-30-25(33)19-10-8-18(9-11-19)23-16-24(32-31-23)20-5-3-6-21(15-20)26(27,28)29/h2-11,14-16H,12-13H2,1H3,(H,30,33)(H,31,32). The number of hydrogen-bond acceptors (Lipinski definition) is 3. The van der Waals surface area contributed by atoms with Crippen molar-refractivity contribution in [1.82, 2.24) is 15.5 Å². The normalized spacial score (nSPS) is 11.3. The smallest absolute Gasteiger partial charge is 0.416 e. The van der Waals surface area contributed by atoms with Gasteiger partial charge in [0.25, 0.3) is 5.91 Å². The Morgan fingerprint density at radius 2 is 1.74 bits per heavy atom. The number of aromatic amines is 1. The van der Waals surface area contributed by atoms with Crippen LogP contribution in [0.25, 0.3) is 22.5 Å². The molecule has 0 unspecified atom stereocenters. The van der Waals surface area contributed by atoms with Gasteiger partial charge in [-0.25, -0.2) is 0 Å². The highest BCUT2D eigenvalue weighted by atomic mass is 19.4. The van der Waals surface area contributed by atoms with E-state index in [0.29, 0.717) is 35.5 Å². The van der Waals surface area contributed by atoms with E-state index in [2.05, 4.69) is 15.5 Å². The Morgan fingerprint density at radius 3 is 2.47 bits per heavy atom. The number of carbonyl (C=O) groups excluding carboxylic acids is 1. The first-order valence-corrected chi connectivity index (χ1v) is 10.6. The van der Waals surface area contributed by atoms with Crippen molar-refractivity contribution in [3.05, 3.63) is 95.6 Å². The molecule has 0 aliphatic heterocycles. The van der Waals surface area contributed by atoms with Crippen molar-refractivity contribution in [2.75, 3.05) is 13.7 Å². The number of hydrogen-bond donors (Lipinski definition) is 2. The van der Waals surface area contributed by atoms with Crippen LogP contribution >= 0.6 is 0 Å². The van der Waals surface area contributed by atoms with Gasteiger partial charge in [-0.3, -0.25) is 9.89 Å². The third-order valence-corrected chi connectivity index (χ3v) is 5.35. The highest BCUT2D eigenvalue weighted by molar-refractivity contribution is 5.94. The molecule has 0 saturated carbocycles. The van der Waals surface area contributed by atoms with Gasteiger partial charge < -0.3 is 10.1 Å². The largest absolute Gasteiger partial charge is 0.497 e. The number of aromatic nitrogens is 2. The lowest BCUT2D eigenvalue weighted by atomic mass is 10.1. The summed E-state index contributed by atoms with van der Waals surface area (Å²) in [5, 5.41) is 9.89. The van der Waals surface area contributed by atoms with Crippen molar-refractivity contribution in [2.24, 2.45) is 0 Å². The number of carbonyl (C=O) groups is 1. The molecule has 2 N–H and O–H groups in total. The zero-order chi connectivity index (χ0) is 24.1. The summed E-state index contributed by atoms with van der Waals surface area (Å²) in [5.41, 5.74) is 3.01. The Hall–Kier alpha value is -4.07. The second-order valence-corrected chi connectivity index (χ2v) is 7.68. The molecular weight excluding hydrogens is 443 g/mol. The predicted molar refractivity (Wildman–Crippen MR) is 123 cm³/mol. The molecule has 1 amide bonds. The van der Waals surface area contributed by atoms with Gasteiger partial charge in [0, 0.05) is 17.7 Å². The van der Waals surface area contributed by atoms with Crippen molar-refractivity contribution in [1.29, 1.82) is 0 Å². The Bertz CT molecular complexity index is 1280. The van der Waals surface area contributed by atoms with Gasteiger partial charge in [-0.05, 0) is 60.0 Å². The summed E-state index contributed by atoms with van der Waals surface area (Å²) in [7, 11) is 1.61. The SMILES string of the molecule is COc1cccc(CCNC(=O)c2ccc(-c3cc(-c4cccc(C(F)(F)F)c4)n[nH]3)cc2)c1. The summed E-state index contributed by atoms with van der Waals surface area (Å²) in [6.45, 7) is 0.481. The maximum Gasteiger partial charge on any atom is 0.416 e. The Labute approximate surface area is 194 Å². The number of nitrogens with zero attached hydrogens (tertiary/aromatic N) is 1. The van der Waals surface area contributed by atoms with Gasteiger partial charge in [-0.2, -0.15) is 18.3 Å². The zero-order valence-electron chi connectivity index (χ0n) is 18.3. The number of amides is 1. The lowest BCUT2D eigenvalue weighted by Crippen LogP contribution is -2.25. The molecule has 0 radical (unpaired) electrons. The highest BCUT2D eigenvalue weighted by Crippen LogP contribution is 2.32. The monoisotopic (exact) mass is 465 g/mol. The topological polar surface area (TPSA) is 67.0 Å². The van der Waals surface area contributed by atoms with Crippen LogP contribution in [-0.4, -0.2) is 29.8 Å². The second-order valence-electron chi connectivity index (χ2n) is 7.68. The first kappa shape index (κ1) is 23.1. The number of rotatable bonds is 7. The number of benzene rings is 3. The summed E-state index contributed by atoms with van der Waals surface area (Å²) in [4.78, 5) is 12.5. The van der Waals surface area contributed by atoms with Crippen LogP contribution < -0.4 is 10.1 Å². The minimum atomic E-state index is -4.42. The zero-order valence-corrected chi connectivity index (χ0v) is 18.3. The molecule has 0 aliphatic carbocycles. The number of nitrogens with one attached hydrogen (secondary N) is 2. The average molecular weight is 465 g/mol. The molecule has 8 heteroatoms. The summed E-state index contributed by atoms with van der Waals surface area (Å²) >= 11 is 0. The van der Waals surface area contributed by atoms with Crippen LogP contribution in [0.5, 0.6) is 5.75 Å². The molecule has 1 heterocycles. The van der Waals surface area contributed by atoms with Crippen molar-refractivity contribution in [3.8, 4) is 28.3 Å². The van der Waals surface area contributed by atoms with E-state index in [0.717, 1.165) is 29.0 Å². The molecule has 0 atom stereocenters. The maximum atomic E-state index is 13.0. The van der Waals surface area contributed by atoms with E-state index in [4.69, 9.17) is 4.74 Å². The van der Waals surface area contributed by atoms with Crippen LogP contribution in [0.3, 0.4) is 0 Å². The first-order valence-electron chi connectivity index (χ1n) is 10.6. The molecule has 3 aromatic carbocycles. The average Bonchev–Trinajstić information content (AvgIpc) is 3.34. The Balaban J connectivity index is 1.39. The van der Waals surface area contributed by atoms with E-state index in [1.165, 1.54) is 6.07 Å². The molecule has 0 aliphatic rings. The maximum absolute atomic E-state index is 13.0. The fourth-order valence-electron chi connectivity index (χ4n) is 3.52. The van der Waals surface area contributed by atoms with Gasteiger partial charge in [0.2, 0.25) is 0 Å². The summed E-state index contributed by atoms with van der Waals surface area (Å²) in [6, 6.07) is 21.3. The van der Waals surface area contributed by atoms with Crippen LogP contribution in [0.1, 0.15) is 21.5 Å². The molecule has 5 nitrogen and oxygen atoms in total. The van der Waals surface area contributed by atoms with Crippen LogP contribution in [0.4, 0.5) is 13.2 Å². The van der Waals surface area contributed by atoms with E-state index in [9.17, 15) is 18.0 Å². The molecule has 0 saturated heterocycles. The van der Waals surface area contributed by atoms with Crippen LogP contribution in [0.2, 0.25) is 0 Å². The molecule has 4 rings (SSSR count). The Morgan fingerprint density at radius 1 is 0.971 bits per heavy atom. The molecule has 0 bridgehead atoms. The van der Waals surface area contributed by atoms with Gasteiger partial charge >= 0.3 is 6.18 Å². The first-order chi connectivity index (χ1) is 16.3. The van der Waals surface area contributed by atoms with Gasteiger partial charge in [0.1, 0.15) is 5.75 Å². The quantitative estimate of drug-likeness (QED) is 0.366. The predicted octanol–water partition coefficient (Wildman–Crippen LogP) is 5.74. The van der Waals surface area contributed by atoms with Crippen molar-refractivity contribution in [2.45, 2.75) is 12.6 Å². The fourth-order valence-corrected chi connectivity index (χ4v) is 3.52. The number of alkyl halides is 3. The number of methoxy groups -OCH3 is 1. The molecule has 174 valence electrons. The fraction of sp³-hybridized carbons (Fsp3) is 0.154. The van der Waals surface area contributed by atoms with Gasteiger partial charge in [0.15, 0.2) is 0 Å². The molecule has 4 aromatic rings. The third-order valence-electron chi connectivity index (χ3n) is 5.35. The summed E-state index contributed by atoms with van der Waals surface area (Å²) < 4.78 is 44.2. The third kappa shape index (κ3) is 5.46. The Kier molecular flexibility index (Phi) is 6.67. The van der Waals surface area contributed by atoms with E-state index < -0.39 is 11.7 Å². The lowest BCUT2D eigenvalue weighted by molar-refractivity contribution is -0.137. The van der Waals surface area contributed by atoms with E-state index in [1.54, 1.807) is 43.5 Å². The minimum Gasteiger partial charge on any atom is -0.497 e. The molecule has 34 heavy (non-hydrogen) atoms. The highest BCUT2D eigenvalue weighted by Gasteiger charge is 2.30. The van der Waals surface area contributed by atoms with Crippen LogP contribution in [0.15, 0.2) is 78.9 Å². The number of halogens is 3. The van der Waals surface area contributed by atoms with Gasteiger partial charge in [-0.1, -0.05) is 36.4 Å². The van der Waals surface area contributed by atoms with Gasteiger partial charge in [-0.15, -0.1) is 0 Å². The second kappa shape index (κ2) is 9.82. The van der Waals surface area contributed by atoms with E-state index in [-0.39, 0.29) is 5.91 Å². The number of ether oxygens (including phenoxy) is 1. The number of H-pyrrole nitrogens is 1. The molecule has 0 fully saturated rings. The van der Waals surface area contributed by atoms with Gasteiger partial charge in [0.05, 0.1) is 24.1 Å². The molecule has 0 spiro atoms. The lowest BCUT2D eigenvalue weighted by Gasteiger charge is -2.07. The van der Waals surface area contributed by atoms with Crippen LogP contribution in [0, 0.1) is 0 Å².